The van der Waals surface area contributed by atoms with Crippen LogP contribution in [0, 0.1) is 11.8 Å². The summed E-state index contributed by atoms with van der Waals surface area (Å²) < 4.78 is 6.10. The lowest BCUT2D eigenvalue weighted by molar-refractivity contribution is -0.0176. The van der Waals surface area contributed by atoms with Gasteiger partial charge in [0, 0.05) is 18.4 Å². The summed E-state index contributed by atoms with van der Waals surface area (Å²) in [6, 6.07) is 29.8. The molecule has 2 unspecified atom stereocenters. The lowest BCUT2D eigenvalue weighted by atomic mass is 9.65. The number of ether oxygens (including phenoxy) is 1. The van der Waals surface area contributed by atoms with Gasteiger partial charge < -0.3 is 4.74 Å². The first-order valence-corrected chi connectivity index (χ1v) is 12.0. The van der Waals surface area contributed by atoms with Gasteiger partial charge in [0.1, 0.15) is 5.75 Å². The molecule has 3 saturated heterocycles. The molecule has 4 heterocycles. The molecule has 2 bridgehead atoms. The van der Waals surface area contributed by atoms with E-state index in [0.29, 0.717) is 17.9 Å². The Morgan fingerprint density at radius 1 is 0.806 bits per heavy atom. The van der Waals surface area contributed by atoms with Gasteiger partial charge in [-0.2, -0.15) is 0 Å². The Labute approximate surface area is 185 Å². The molecule has 0 aromatic heterocycles. The molecule has 31 heavy (non-hydrogen) atoms. The van der Waals surface area contributed by atoms with Crippen LogP contribution in [0.4, 0.5) is 0 Å². The summed E-state index contributed by atoms with van der Waals surface area (Å²) in [7, 11) is 0. The van der Waals surface area contributed by atoms with E-state index in [1.807, 2.05) is 0 Å². The van der Waals surface area contributed by atoms with Crippen LogP contribution in [0.5, 0.6) is 5.75 Å². The van der Waals surface area contributed by atoms with E-state index in [-0.39, 0.29) is 0 Å². The standard InChI is InChI=1S/C29H31NO/c1-3-8-22(9-4-1)27(23-10-5-2-6-11-23)28-26(21-14-17-30(28)18-15-21)20-25-13-7-12-24-16-19-31-29(24)25/h1-13,21,26-28H,14-20H2. The minimum atomic E-state index is 0.410. The van der Waals surface area contributed by atoms with Gasteiger partial charge in [-0.1, -0.05) is 78.9 Å². The van der Waals surface area contributed by atoms with Gasteiger partial charge in [-0.3, -0.25) is 4.90 Å². The number of hydrogen-bond donors (Lipinski definition) is 0. The molecule has 4 aliphatic rings. The molecular formula is C29H31NO. The summed E-state index contributed by atoms with van der Waals surface area (Å²) in [5.41, 5.74) is 5.73. The summed E-state index contributed by atoms with van der Waals surface area (Å²) in [5, 5.41) is 0. The molecule has 0 radical (unpaired) electrons. The molecule has 7 rings (SSSR count). The van der Waals surface area contributed by atoms with Crippen molar-refractivity contribution in [1.82, 2.24) is 4.90 Å². The van der Waals surface area contributed by atoms with Gasteiger partial charge in [0.25, 0.3) is 0 Å². The summed E-state index contributed by atoms with van der Waals surface area (Å²) in [4.78, 5) is 2.80. The number of para-hydroxylation sites is 1. The molecule has 2 atom stereocenters. The molecule has 158 valence electrons. The molecule has 2 heteroatoms. The molecule has 0 saturated carbocycles. The number of piperidine rings is 3. The van der Waals surface area contributed by atoms with E-state index in [2.05, 4.69) is 83.8 Å². The Hall–Kier alpha value is -2.58. The monoisotopic (exact) mass is 409 g/mol. The SMILES string of the molecule is c1ccc(C(c2ccccc2)C2C(Cc3cccc4c3OCC4)C3CCN2CC3)cc1. The number of fused-ring (bicyclic) bond motifs is 4. The van der Waals surface area contributed by atoms with E-state index in [0.717, 1.165) is 25.4 Å². The fourth-order valence-electron chi connectivity index (χ4n) is 6.55. The highest BCUT2D eigenvalue weighted by Crippen LogP contribution is 2.47. The molecule has 0 aliphatic carbocycles. The zero-order valence-corrected chi connectivity index (χ0v) is 18.1. The molecule has 3 fully saturated rings. The highest BCUT2D eigenvalue weighted by atomic mass is 16.5. The van der Waals surface area contributed by atoms with Crippen LogP contribution < -0.4 is 4.74 Å². The smallest absolute Gasteiger partial charge is 0.125 e. The summed E-state index contributed by atoms with van der Waals surface area (Å²) in [5.74, 6) is 3.06. The maximum Gasteiger partial charge on any atom is 0.125 e. The Balaban J connectivity index is 1.42. The Kier molecular flexibility index (Phi) is 5.04. The van der Waals surface area contributed by atoms with Crippen molar-refractivity contribution in [1.29, 1.82) is 0 Å². The second-order valence-corrected chi connectivity index (χ2v) is 9.53. The fourth-order valence-corrected chi connectivity index (χ4v) is 6.55. The highest BCUT2D eigenvalue weighted by molar-refractivity contribution is 5.45. The molecular weight excluding hydrogens is 378 g/mol. The van der Waals surface area contributed by atoms with Crippen molar-refractivity contribution in [3.63, 3.8) is 0 Å². The first kappa shape index (κ1) is 19.1. The van der Waals surface area contributed by atoms with E-state index in [4.69, 9.17) is 4.74 Å². The summed E-state index contributed by atoms with van der Waals surface area (Å²) in [6.07, 6.45) is 4.87. The molecule has 0 spiro atoms. The highest BCUT2D eigenvalue weighted by Gasteiger charge is 2.46. The second kappa shape index (κ2) is 8.16. The van der Waals surface area contributed by atoms with Crippen LogP contribution in [0.1, 0.15) is 41.0 Å². The molecule has 4 aliphatic heterocycles. The average molecular weight is 410 g/mol. The van der Waals surface area contributed by atoms with Crippen molar-refractivity contribution in [2.75, 3.05) is 19.7 Å². The maximum atomic E-state index is 6.10. The fraction of sp³-hybridized carbons (Fsp3) is 0.379. The van der Waals surface area contributed by atoms with E-state index in [1.54, 1.807) is 0 Å². The first-order chi connectivity index (χ1) is 15.4. The lowest BCUT2D eigenvalue weighted by Crippen LogP contribution is -2.57. The Bertz CT molecular complexity index is 984. The third-order valence-electron chi connectivity index (χ3n) is 7.95. The van der Waals surface area contributed by atoms with Gasteiger partial charge in [-0.05, 0) is 66.4 Å². The van der Waals surface area contributed by atoms with Gasteiger partial charge >= 0.3 is 0 Å². The predicted octanol–water partition coefficient (Wildman–Crippen LogP) is 5.71. The summed E-state index contributed by atoms with van der Waals surface area (Å²) >= 11 is 0. The predicted molar refractivity (Wildman–Crippen MR) is 126 cm³/mol. The van der Waals surface area contributed by atoms with Crippen molar-refractivity contribution in [2.24, 2.45) is 11.8 Å². The van der Waals surface area contributed by atoms with Gasteiger partial charge in [0.05, 0.1) is 6.61 Å². The quantitative estimate of drug-likeness (QED) is 0.535. The first-order valence-electron chi connectivity index (χ1n) is 12.0. The number of rotatable bonds is 5. The third-order valence-corrected chi connectivity index (χ3v) is 7.95. The lowest BCUT2D eigenvalue weighted by Gasteiger charge is -2.54. The molecule has 0 amide bonds. The maximum absolute atomic E-state index is 6.10. The molecule has 3 aromatic rings. The van der Waals surface area contributed by atoms with Crippen LogP contribution in [-0.4, -0.2) is 30.6 Å². The van der Waals surface area contributed by atoms with E-state index >= 15 is 0 Å². The zero-order chi connectivity index (χ0) is 20.6. The van der Waals surface area contributed by atoms with Crippen LogP contribution in [0.15, 0.2) is 78.9 Å². The number of benzene rings is 3. The van der Waals surface area contributed by atoms with Gasteiger partial charge in [-0.25, -0.2) is 0 Å². The van der Waals surface area contributed by atoms with Crippen LogP contribution in [0.3, 0.4) is 0 Å². The number of nitrogens with zero attached hydrogens (tertiary/aromatic N) is 1. The van der Waals surface area contributed by atoms with Gasteiger partial charge in [-0.15, -0.1) is 0 Å². The molecule has 0 N–H and O–H groups in total. The minimum absolute atomic E-state index is 0.410. The van der Waals surface area contributed by atoms with E-state index < -0.39 is 0 Å². The summed E-state index contributed by atoms with van der Waals surface area (Å²) in [6.45, 7) is 3.32. The second-order valence-electron chi connectivity index (χ2n) is 9.53. The van der Waals surface area contributed by atoms with Crippen molar-refractivity contribution in [2.45, 2.75) is 37.6 Å². The zero-order valence-electron chi connectivity index (χ0n) is 18.1. The molecule has 2 nitrogen and oxygen atoms in total. The largest absolute Gasteiger partial charge is 0.493 e. The van der Waals surface area contributed by atoms with Crippen LogP contribution >= 0.6 is 0 Å². The Morgan fingerprint density at radius 2 is 1.48 bits per heavy atom. The van der Waals surface area contributed by atoms with E-state index in [9.17, 15) is 0 Å². The average Bonchev–Trinajstić information content (AvgIpc) is 3.33. The topological polar surface area (TPSA) is 12.5 Å². The number of hydrogen-bond acceptors (Lipinski definition) is 2. The van der Waals surface area contributed by atoms with Crippen molar-refractivity contribution >= 4 is 0 Å². The van der Waals surface area contributed by atoms with E-state index in [1.165, 1.54) is 53.9 Å². The third kappa shape index (κ3) is 3.47. The van der Waals surface area contributed by atoms with Crippen LogP contribution in [-0.2, 0) is 12.8 Å². The Morgan fingerprint density at radius 3 is 2.16 bits per heavy atom. The molecule has 3 aromatic carbocycles. The normalized spacial score (nSPS) is 26.6. The minimum Gasteiger partial charge on any atom is -0.493 e. The van der Waals surface area contributed by atoms with Crippen LogP contribution in [0.2, 0.25) is 0 Å². The van der Waals surface area contributed by atoms with Crippen molar-refractivity contribution < 1.29 is 4.74 Å². The van der Waals surface area contributed by atoms with Gasteiger partial charge in [0.2, 0.25) is 0 Å². The van der Waals surface area contributed by atoms with Crippen molar-refractivity contribution in [3.05, 3.63) is 101 Å². The van der Waals surface area contributed by atoms with Crippen molar-refractivity contribution in [3.8, 4) is 5.75 Å². The van der Waals surface area contributed by atoms with Gasteiger partial charge in [0.15, 0.2) is 0 Å². The van der Waals surface area contributed by atoms with Crippen LogP contribution in [0.25, 0.3) is 0 Å².